The molecule has 3 aromatic rings. The summed E-state index contributed by atoms with van der Waals surface area (Å²) in [5.74, 6) is -5.35. The third-order valence-corrected chi connectivity index (χ3v) is 4.89. The third-order valence-electron chi connectivity index (χ3n) is 3.81. The number of pyridine rings is 1. The van der Waals surface area contributed by atoms with E-state index in [0.717, 1.165) is 22.8 Å². The van der Waals surface area contributed by atoms with Gasteiger partial charge in [0.2, 0.25) is 0 Å². The molecule has 0 radical (unpaired) electrons. The molecule has 0 bridgehead atoms. The van der Waals surface area contributed by atoms with Crippen LogP contribution in [-0.4, -0.2) is 34.5 Å². The first-order valence-corrected chi connectivity index (χ1v) is 8.99. The Morgan fingerprint density at radius 2 is 1.68 bits per heavy atom. The molecule has 0 saturated heterocycles. The normalized spacial score (nSPS) is 12.1. The van der Waals surface area contributed by atoms with E-state index >= 15 is 0 Å². The molecule has 1 N–H and O–H groups in total. The van der Waals surface area contributed by atoms with Crippen LogP contribution < -0.4 is 15.0 Å². The number of Topliss-reactive ketones (excluding diaryl/α,β-unsaturated/α-hetero) is 1. The van der Waals surface area contributed by atoms with E-state index in [1.807, 2.05) is 0 Å². The summed E-state index contributed by atoms with van der Waals surface area (Å²) in [4.78, 5) is 38.5. The summed E-state index contributed by atoms with van der Waals surface area (Å²) in [5, 5.41) is 2.38. The summed E-state index contributed by atoms with van der Waals surface area (Å²) in [6.07, 6.45) is -7.97. The summed E-state index contributed by atoms with van der Waals surface area (Å²) in [6, 6.07) is 6.39. The fraction of sp³-hybridized carbons (Fsp3) is 0.176. The number of nitrogens with zero attached hydrogens (tertiary/aromatic N) is 2. The highest BCUT2D eigenvalue weighted by Gasteiger charge is 2.45. The summed E-state index contributed by atoms with van der Waals surface area (Å²) in [5.41, 5.74) is 0.531. The second kappa shape index (κ2) is 8.02. The number of hydrogen-bond donors (Lipinski definition) is 1. The third kappa shape index (κ3) is 4.84. The number of rotatable bonds is 5. The maximum atomic E-state index is 12.5. The lowest BCUT2D eigenvalue weighted by molar-refractivity contribution is -0.921. The molecule has 7 nitrogen and oxygen atoms in total. The lowest BCUT2D eigenvalue weighted by atomic mass is 10.2. The van der Waals surface area contributed by atoms with Gasteiger partial charge in [0.05, 0.1) is 28.1 Å². The molecule has 0 aliphatic heterocycles. The Bertz CT molecular complexity index is 1160. The Balaban J connectivity index is 1.77. The minimum atomic E-state index is -5.23. The van der Waals surface area contributed by atoms with Crippen molar-refractivity contribution in [3.63, 3.8) is 0 Å². The SMILES string of the molecule is O=C(NCc1c[n+](OC(=O)C(F)(F)F)n2ccccc12)c1ccc(C(=O)C(F)(F)F)s1. The molecule has 164 valence electrons. The van der Waals surface area contributed by atoms with Crippen LogP contribution in [0.4, 0.5) is 26.3 Å². The average Bonchev–Trinajstić information content (AvgIpc) is 3.30. The van der Waals surface area contributed by atoms with Gasteiger partial charge in [-0.2, -0.15) is 31.2 Å². The van der Waals surface area contributed by atoms with Crippen LogP contribution >= 0.6 is 11.3 Å². The van der Waals surface area contributed by atoms with Gasteiger partial charge >= 0.3 is 18.3 Å². The van der Waals surface area contributed by atoms with Gasteiger partial charge in [0.15, 0.2) is 0 Å². The summed E-state index contributed by atoms with van der Waals surface area (Å²) >= 11 is 0.345. The zero-order valence-corrected chi connectivity index (χ0v) is 15.8. The van der Waals surface area contributed by atoms with E-state index in [2.05, 4.69) is 10.2 Å². The van der Waals surface area contributed by atoms with E-state index in [9.17, 15) is 40.7 Å². The minimum absolute atomic E-state index is 0.174. The predicted octanol–water partition coefficient (Wildman–Crippen LogP) is 2.48. The lowest BCUT2D eigenvalue weighted by Gasteiger charge is -2.02. The Hall–Kier alpha value is -3.42. The number of amides is 1. The second-order valence-electron chi connectivity index (χ2n) is 5.94. The molecule has 0 unspecified atom stereocenters. The van der Waals surface area contributed by atoms with Crippen LogP contribution in [0.2, 0.25) is 0 Å². The summed E-state index contributed by atoms with van der Waals surface area (Å²) in [7, 11) is 0. The van der Waals surface area contributed by atoms with Crippen molar-refractivity contribution in [2.45, 2.75) is 18.9 Å². The molecule has 0 saturated carbocycles. The maximum Gasteiger partial charge on any atom is 0.498 e. The number of fused-ring (bicyclic) bond motifs is 1. The van der Waals surface area contributed by atoms with Crippen LogP contribution in [0.15, 0.2) is 42.7 Å². The van der Waals surface area contributed by atoms with Gasteiger partial charge in [0.25, 0.3) is 17.9 Å². The van der Waals surface area contributed by atoms with Crippen LogP contribution in [-0.2, 0) is 11.3 Å². The first-order valence-electron chi connectivity index (χ1n) is 8.18. The molecular weight excluding hydrogens is 456 g/mol. The highest BCUT2D eigenvalue weighted by molar-refractivity contribution is 7.16. The standard InChI is InChI=1S/C17H9F6N3O4S/c18-16(19,20)13(27)11-4-5-12(31-11)14(28)24-7-9-8-26(30-15(29)17(21,22)23)25-6-2-1-3-10(9)25/h1-6,8H,7H2/p+1. The number of ketones is 1. The van der Waals surface area contributed by atoms with Gasteiger partial charge < -0.3 is 5.32 Å². The van der Waals surface area contributed by atoms with Crippen molar-refractivity contribution < 1.29 is 50.4 Å². The van der Waals surface area contributed by atoms with Crippen molar-refractivity contribution in [3.05, 3.63) is 58.0 Å². The summed E-state index contributed by atoms with van der Waals surface area (Å²) < 4.78 is 75.9. The molecule has 3 aromatic heterocycles. The Kier molecular flexibility index (Phi) is 5.76. The van der Waals surface area contributed by atoms with Gasteiger partial charge in [0.1, 0.15) is 10.4 Å². The number of aromatic nitrogens is 2. The van der Waals surface area contributed by atoms with Crippen molar-refractivity contribution in [1.82, 2.24) is 9.83 Å². The largest absolute Gasteiger partial charge is 0.498 e. The molecular formula is C17H10F6N3O4S+. The van der Waals surface area contributed by atoms with Crippen molar-refractivity contribution in [2.75, 3.05) is 0 Å². The van der Waals surface area contributed by atoms with E-state index in [4.69, 9.17) is 0 Å². The van der Waals surface area contributed by atoms with Crippen molar-refractivity contribution in [3.8, 4) is 0 Å². The van der Waals surface area contributed by atoms with Crippen LogP contribution in [0.25, 0.3) is 5.52 Å². The molecule has 3 rings (SSSR count). The predicted molar refractivity (Wildman–Crippen MR) is 91.1 cm³/mol. The fourth-order valence-corrected chi connectivity index (χ4v) is 3.33. The van der Waals surface area contributed by atoms with Crippen LogP contribution in [0.3, 0.4) is 0 Å². The van der Waals surface area contributed by atoms with Gasteiger partial charge in [0, 0.05) is 0 Å². The number of halogens is 6. The number of thiophene rings is 1. The Morgan fingerprint density at radius 1 is 1.00 bits per heavy atom. The van der Waals surface area contributed by atoms with Crippen molar-refractivity contribution >= 4 is 34.5 Å². The molecule has 0 spiro atoms. The maximum absolute atomic E-state index is 12.5. The van der Waals surface area contributed by atoms with Gasteiger partial charge in [-0.05, 0) is 24.3 Å². The molecule has 31 heavy (non-hydrogen) atoms. The number of carbonyl (C=O) groups excluding carboxylic acids is 3. The smallest absolute Gasteiger partial charge is 0.347 e. The van der Waals surface area contributed by atoms with E-state index in [1.165, 1.54) is 18.3 Å². The van der Waals surface area contributed by atoms with E-state index in [1.54, 1.807) is 6.07 Å². The number of carbonyl (C=O) groups is 3. The quantitative estimate of drug-likeness (QED) is 0.356. The van der Waals surface area contributed by atoms with E-state index < -0.39 is 34.9 Å². The molecule has 0 aromatic carbocycles. The van der Waals surface area contributed by atoms with Crippen LogP contribution in [0.1, 0.15) is 24.9 Å². The van der Waals surface area contributed by atoms with Crippen molar-refractivity contribution in [1.29, 1.82) is 0 Å². The summed E-state index contributed by atoms with van der Waals surface area (Å²) in [6.45, 7) is -0.261. The molecule has 14 heteroatoms. The zero-order chi connectivity index (χ0) is 23.0. The first-order chi connectivity index (χ1) is 14.4. The zero-order valence-electron chi connectivity index (χ0n) is 15.0. The van der Waals surface area contributed by atoms with E-state index in [-0.39, 0.29) is 22.5 Å². The molecule has 1 amide bonds. The Morgan fingerprint density at radius 3 is 2.32 bits per heavy atom. The fourth-order valence-electron chi connectivity index (χ4n) is 2.45. The van der Waals surface area contributed by atoms with Crippen LogP contribution in [0, 0.1) is 0 Å². The van der Waals surface area contributed by atoms with Crippen molar-refractivity contribution in [2.24, 2.45) is 0 Å². The van der Waals surface area contributed by atoms with E-state index in [0.29, 0.717) is 16.2 Å². The van der Waals surface area contributed by atoms with Crippen LogP contribution in [0.5, 0.6) is 0 Å². The molecule has 0 aliphatic rings. The molecule has 0 fully saturated rings. The minimum Gasteiger partial charge on any atom is -0.347 e. The lowest BCUT2D eigenvalue weighted by Crippen LogP contribution is -2.53. The van der Waals surface area contributed by atoms with Gasteiger partial charge in [-0.1, -0.05) is 10.6 Å². The highest BCUT2D eigenvalue weighted by atomic mass is 32.1. The monoisotopic (exact) mass is 466 g/mol. The van der Waals surface area contributed by atoms with Gasteiger partial charge in [-0.15, -0.1) is 11.3 Å². The number of nitrogens with one attached hydrogen (secondary N) is 1. The molecule has 0 aliphatic carbocycles. The topological polar surface area (TPSA) is 80.8 Å². The number of alkyl halides is 6. The second-order valence-corrected chi connectivity index (χ2v) is 7.02. The first kappa shape index (κ1) is 22.3. The highest BCUT2D eigenvalue weighted by Crippen LogP contribution is 2.26. The average molecular weight is 466 g/mol. The molecule has 3 heterocycles. The van der Waals surface area contributed by atoms with Gasteiger partial charge in [-0.25, -0.2) is 4.79 Å². The number of hydrogen-bond acceptors (Lipinski definition) is 5. The molecule has 0 atom stereocenters. The Labute approximate surface area is 172 Å². The van der Waals surface area contributed by atoms with Gasteiger partial charge in [-0.3, -0.25) is 9.59 Å².